The Morgan fingerprint density at radius 1 is 1.14 bits per heavy atom. The number of nitrogens with two attached hydrogens (primary N) is 1. The number of nitrogen functional groups attached to an aromatic ring is 1. The summed E-state index contributed by atoms with van der Waals surface area (Å²) in [6, 6.07) is 8.75. The van der Waals surface area contributed by atoms with Crippen molar-refractivity contribution in [1.29, 1.82) is 0 Å². The quantitative estimate of drug-likeness (QED) is 0.348. The minimum absolute atomic E-state index is 0.00415. The number of rotatable bonds is 7. The van der Waals surface area contributed by atoms with Crippen LogP contribution in [0.2, 0.25) is 0 Å². The number of thiazole rings is 1. The molecule has 0 radical (unpaired) electrons. The largest absolute Gasteiger partial charge is 0.477 e. The van der Waals surface area contributed by atoms with Crippen molar-refractivity contribution in [3.8, 4) is 10.4 Å². The highest BCUT2D eigenvalue weighted by atomic mass is 32.1. The van der Waals surface area contributed by atoms with Crippen molar-refractivity contribution in [2.75, 3.05) is 16.0 Å². The van der Waals surface area contributed by atoms with E-state index in [0.717, 1.165) is 47.5 Å². The summed E-state index contributed by atoms with van der Waals surface area (Å²) in [5, 5.41) is 14.6. The molecule has 0 unspecified atom stereocenters. The molecule has 2 amide bonds. The maximum absolute atomic E-state index is 13.5. The Labute approximate surface area is 218 Å². The zero-order chi connectivity index (χ0) is 26.0. The summed E-state index contributed by atoms with van der Waals surface area (Å²) < 4.78 is 0. The van der Waals surface area contributed by atoms with Gasteiger partial charge in [0, 0.05) is 27.9 Å². The lowest BCUT2D eigenvalue weighted by Gasteiger charge is -2.33. The van der Waals surface area contributed by atoms with Gasteiger partial charge in [0.25, 0.3) is 5.91 Å². The van der Waals surface area contributed by atoms with E-state index in [1.807, 2.05) is 26.0 Å². The molecule has 1 aromatic carbocycles. The number of aromatic carboxylic acids is 1. The van der Waals surface area contributed by atoms with E-state index in [1.54, 1.807) is 28.5 Å². The van der Waals surface area contributed by atoms with E-state index >= 15 is 0 Å². The van der Waals surface area contributed by atoms with Crippen LogP contribution in [0, 0.1) is 11.8 Å². The van der Waals surface area contributed by atoms with Crippen molar-refractivity contribution >= 4 is 57.0 Å². The third-order valence-corrected chi connectivity index (χ3v) is 8.30. The number of aromatic nitrogens is 1. The van der Waals surface area contributed by atoms with E-state index in [0.29, 0.717) is 22.4 Å². The van der Waals surface area contributed by atoms with Gasteiger partial charge in [-0.25, -0.2) is 9.78 Å². The molecule has 1 fully saturated rings. The van der Waals surface area contributed by atoms with Gasteiger partial charge < -0.3 is 21.1 Å². The number of hydrogen-bond donors (Lipinski definition) is 3. The van der Waals surface area contributed by atoms with E-state index in [2.05, 4.69) is 17.2 Å². The van der Waals surface area contributed by atoms with Crippen molar-refractivity contribution in [2.45, 2.75) is 52.5 Å². The molecule has 1 aliphatic rings. The van der Waals surface area contributed by atoms with Gasteiger partial charge in [-0.2, -0.15) is 0 Å². The Morgan fingerprint density at radius 2 is 1.81 bits per heavy atom. The molecular weight excluding hydrogens is 496 g/mol. The van der Waals surface area contributed by atoms with Gasteiger partial charge in [0.05, 0.1) is 5.69 Å². The Morgan fingerprint density at radius 3 is 2.36 bits per heavy atom. The maximum Gasteiger partial charge on any atom is 0.348 e. The number of amides is 2. The number of carbonyl (C=O) groups excluding carboxylic acids is 2. The molecule has 1 aliphatic carbocycles. The molecule has 2 heterocycles. The molecule has 8 nitrogen and oxygen atoms in total. The van der Waals surface area contributed by atoms with Gasteiger partial charge in [0.15, 0.2) is 5.13 Å². The third kappa shape index (κ3) is 5.60. The Hall–Kier alpha value is -3.24. The van der Waals surface area contributed by atoms with Crippen LogP contribution < -0.4 is 16.0 Å². The van der Waals surface area contributed by atoms with Gasteiger partial charge in [-0.15, -0.1) is 22.7 Å². The summed E-state index contributed by atoms with van der Waals surface area (Å²) in [6.45, 7) is 6.04. The smallest absolute Gasteiger partial charge is 0.348 e. The van der Waals surface area contributed by atoms with Crippen LogP contribution >= 0.6 is 22.7 Å². The van der Waals surface area contributed by atoms with Gasteiger partial charge in [-0.05, 0) is 69.2 Å². The number of nitrogens with zero attached hydrogens (tertiary/aromatic N) is 2. The summed E-state index contributed by atoms with van der Waals surface area (Å²) >= 11 is 2.34. The second kappa shape index (κ2) is 10.8. The van der Waals surface area contributed by atoms with Gasteiger partial charge >= 0.3 is 5.97 Å². The van der Waals surface area contributed by atoms with Crippen LogP contribution in [0.5, 0.6) is 0 Å². The minimum atomic E-state index is -1.05. The number of nitrogens with one attached hydrogen (secondary N) is 1. The molecule has 4 rings (SSSR count). The molecule has 36 heavy (non-hydrogen) atoms. The lowest BCUT2D eigenvalue weighted by molar-refractivity contribution is -0.123. The van der Waals surface area contributed by atoms with Gasteiger partial charge in [-0.1, -0.05) is 19.1 Å². The first kappa shape index (κ1) is 25.8. The highest BCUT2D eigenvalue weighted by Gasteiger charge is 2.33. The van der Waals surface area contributed by atoms with Crippen LogP contribution in [0.25, 0.3) is 10.4 Å². The fourth-order valence-corrected chi connectivity index (χ4v) is 6.05. The van der Waals surface area contributed by atoms with Crippen LogP contribution in [0.1, 0.15) is 66.6 Å². The molecule has 0 spiro atoms. The van der Waals surface area contributed by atoms with Gasteiger partial charge in [0.1, 0.15) is 10.6 Å². The van der Waals surface area contributed by atoms with E-state index in [1.165, 1.54) is 11.3 Å². The van der Waals surface area contributed by atoms with E-state index < -0.39 is 5.97 Å². The SMILES string of the molecule is CC(C)N(c1cc(-c2ccc(NC(=O)c3csc(N)n3)cc2)sc1C(=O)O)C(=O)[C@H]1CC[C@H](C)CC1. The van der Waals surface area contributed by atoms with E-state index in [4.69, 9.17) is 5.73 Å². The lowest BCUT2D eigenvalue weighted by atomic mass is 9.82. The van der Waals surface area contributed by atoms with E-state index in [9.17, 15) is 19.5 Å². The first-order chi connectivity index (χ1) is 17.1. The molecular formula is C26H30N4O4S2. The first-order valence-corrected chi connectivity index (χ1v) is 13.7. The number of carboxylic acid groups (broad SMARTS) is 1. The average molecular weight is 527 g/mol. The molecule has 0 bridgehead atoms. The fourth-order valence-electron chi connectivity index (χ4n) is 4.52. The second-order valence-corrected chi connectivity index (χ2v) is 11.4. The molecule has 4 N–H and O–H groups in total. The molecule has 190 valence electrons. The van der Waals surface area contributed by atoms with Gasteiger partial charge in [-0.3, -0.25) is 9.59 Å². The van der Waals surface area contributed by atoms with Gasteiger partial charge in [0.2, 0.25) is 5.91 Å². The number of carbonyl (C=O) groups is 3. The Kier molecular flexibility index (Phi) is 7.75. The van der Waals surface area contributed by atoms with Crippen molar-refractivity contribution in [3.05, 3.63) is 46.3 Å². The Bertz CT molecular complexity index is 1260. The standard InChI is InChI=1S/C26H30N4O4S2/c1-14(2)30(24(32)17-6-4-15(3)5-7-17)20-12-21(36-22(20)25(33)34)16-8-10-18(11-9-16)28-23(31)19-13-35-26(27)29-19/h8-15,17H,4-7H2,1-3H3,(H2,27,29)(H,28,31)(H,33,34)/t15-,17-. The zero-order valence-corrected chi connectivity index (χ0v) is 22.1. The lowest BCUT2D eigenvalue weighted by Crippen LogP contribution is -2.42. The van der Waals surface area contributed by atoms with Crippen LogP contribution in [0.3, 0.4) is 0 Å². The summed E-state index contributed by atoms with van der Waals surface area (Å²) in [7, 11) is 0. The predicted octanol–water partition coefficient (Wildman–Crippen LogP) is 5.97. The third-order valence-electron chi connectivity index (χ3n) is 6.47. The number of carboxylic acids is 1. The minimum Gasteiger partial charge on any atom is -0.477 e. The van der Waals surface area contributed by atoms with E-state index in [-0.39, 0.29) is 34.3 Å². The number of thiophene rings is 1. The number of anilines is 3. The monoisotopic (exact) mass is 526 g/mol. The van der Waals surface area contributed by atoms with Crippen LogP contribution in [-0.4, -0.2) is 33.9 Å². The van der Waals surface area contributed by atoms with Crippen molar-refractivity contribution < 1.29 is 19.5 Å². The summed E-state index contributed by atoms with van der Waals surface area (Å²) in [6.07, 6.45) is 3.70. The number of benzene rings is 1. The van der Waals surface area contributed by atoms with Crippen LogP contribution in [0.4, 0.5) is 16.5 Å². The summed E-state index contributed by atoms with van der Waals surface area (Å²) in [5.41, 5.74) is 7.67. The molecule has 0 saturated heterocycles. The number of hydrogen-bond acceptors (Lipinski definition) is 7. The normalized spacial score (nSPS) is 17.7. The van der Waals surface area contributed by atoms with Crippen LogP contribution in [-0.2, 0) is 4.79 Å². The first-order valence-electron chi connectivity index (χ1n) is 12.0. The second-order valence-electron chi connectivity index (χ2n) is 9.49. The molecule has 0 atom stereocenters. The topological polar surface area (TPSA) is 126 Å². The Balaban J connectivity index is 1.58. The van der Waals surface area contributed by atoms with Crippen molar-refractivity contribution in [2.24, 2.45) is 11.8 Å². The highest BCUT2D eigenvalue weighted by Crippen LogP contribution is 2.40. The predicted molar refractivity (Wildman–Crippen MR) is 145 cm³/mol. The highest BCUT2D eigenvalue weighted by molar-refractivity contribution is 7.18. The van der Waals surface area contributed by atoms with Crippen LogP contribution in [0.15, 0.2) is 35.7 Å². The molecule has 2 aromatic heterocycles. The molecule has 0 aliphatic heterocycles. The maximum atomic E-state index is 13.5. The fraction of sp³-hybridized carbons (Fsp3) is 0.385. The molecule has 1 saturated carbocycles. The van der Waals surface area contributed by atoms with Crippen molar-refractivity contribution in [1.82, 2.24) is 4.98 Å². The zero-order valence-electron chi connectivity index (χ0n) is 20.5. The molecule has 3 aromatic rings. The summed E-state index contributed by atoms with van der Waals surface area (Å²) in [4.78, 5) is 44.5. The summed E-state index contributed by atoms with van der Waals surface area (Å²) in [5.74, 6) is -0.862. The molecule has 10 heteroatoms. The van der Waals surface area contributed by atoms with Crippen molar-refractivity contribution in [3.63, 3.8) is 0 Å². The average Bonchev–Trinajstić information content (AvgIpc) is 3.47.